The molecule has 2 aromatic rings. The molecule has 0 aliphatic carbocycles. The first-order valence-corrected chi connectivity index (χ1v) is 7.84. The summed E-state index contributed by atoms with van der Waals surface area (Å²) >= 11 is 7.23. The van der Waals surface area contributed by atoms with Crippen molar-refractivity contribution in [3.63, 3.8) is 0 Å². The van der Waals surface area contributed by atoms with Gasteiger partial charge in [-0.3, -0.25) is 5.32 Å². The predicted octanol–water partition coefficient (Wildman–Crippen LogP) is 4.23. The molecule has 0 bridgehead atoms. The topological polar surface area (TPSA) is 71.5 Å². The molecule has 1 heterocycles. The molecule has 0 radical (unpaired) electrons. The molecule has 0 saturated heterocycles. The quantitative estimate of drug-likeness (QED) is 0.877. The van der Waals surface area contributed by atoms with Gasteiger partial charge in [0.2, 0.25) is 0 Å². The fraction of sp³-hybridized carbons (Fsp3) is 0.333. The van der Waals surface area contributed by atoms with Crippen molar-refractivity contribution in [2.45, 2.75) is 32.5 Å². The molecule has 118 valence electrons. The van der Waals surface area contributed by atoms with E-state index in [9.17, 15) is 9.90 Å². The van der Waals surface area contributed by atoms with Gasteiger partial charge in [-0.2, -0.15) is 0 Å². The average molecular weight is 341 g/mol. The van der Waals surface area contributed by atoms with Crippen LogP contribution in [0.15, 0.2) is 30.5 Å². The van der Waals surface area contributed by atoms with Crippen LogP contribution < -0.4 is 5.32 Å². The highest BCUT2D eigenvalue weighted by atomic mass is 35.5. The molecule has 0 spiro atoms. The maximum Gasteiger partial charge on any atom is 0.413 e. The standard InChI is InChI=1S/C15H17ClN2O3S/c1-15(2,3)21-14(20)18-13-17-8-11(22-13)12(19)9-6-4-5-7-10(9)16/h4-8,12,19H,1-3H3,(H,17,18,20). The Balaban J connectivity index is 2.08. The number of aliphatic hydroxyl groups excluding tert-OH is 1. The van der Waals surface area contributed by atoms with E-state index < -0.39 is 17.8 Å². The molecule has 2 rings (SSSR count). The van der Waals surface area contributed by atoms with Crippen molar-refractivity contribution in [3.05, 3.63) is 45.9 Å². The van der Waals surface area contributed by atoms with Crippen LogP contribution in [0.4, 0.5) is 9.93 Å². The zero-order valence-electron chi connectivity index (χ0n) is 12.5. The third-order valence-electron chi connectivity index (χ3n) is 2.60. The van der Waals surface area contributed by atoms with Crippen LogP contribution in [0.5, 0.6) is 0 Å². The van der Waals surface area contributed by atoms with Gasteiger partial charge in [0, 0.05) is 16.8 Å². The zero-order chi connectivity index (χ0) is 16.3. The van der Waals surface area contributed by atoms with Gasteiger partial charge in [0.15, 0.2) is 5.13 Å². The van der Waals surface area contributed by atoms with Crippen molar-refractivity contribution in [1.82, 2.24) is 4.98 Å². The summed E-state index contributed by atoms with van der Waals surface area (Å²) in [6, 6.07) is 7.04. The second-order valence-electron chi connectivity index (χ2n) is 5.62. The van der Waals surface area contributed by atoms with E-state index >= 15 is 0 Å². The molecule has 1 atom stereocenters. The van der Waals surface area contributed by atoms with Gasteiger partial charge in [-0.25, -0.2) is 9.78 Å². The van der Waals surface area contributed by atoms with Crippen LogP contribution in [0.3, 0.4) is 0 Å². The summed E-state index contributed by atoms with van der Waals surface area (Å²) in [5, 5.41) is 13.7. The summed E-state index contributed by atoms with van der Waals surface area (Å²) < 4.78 is 5.15. The van der Waals surface area contributed by atoms with Crippen molar-refractivity contribution >= 4 is 34.2 Å². The van der Waals surface area contributed by atoms with Gasteiger partial charge in [-0.05, 0) is 26.8 Å². The molecule has 0 saturated carbocycles. The van der Waals surface area contributed by atoms with Crippen LogP contribution in [-0.4, -0.2) is 21.8 Å². The Kier molecular flexibility index (Phi) is 5.05. The maximum atomic E-state index is 11.7. The number of thiazole rings is 1. The van der Waals surface area contributed by atoms with Crippen LogP contribution in [0.1, 0.15) is 37.3 Å². The molecular weight excluding hydrogens is 324 g/mol. The fourth-order valence-corrected chi connectivity index (χ4v) is 2.76. The Morgan fingerprint density at radius 1 is 1.41 bits per heavy atom. The van der Waals surface area contributed by atoms with Gasteiger partial charge in [-0.15, -0.1) is 0 Å². The van der Waals surface area contributed by atoms with Gasteiger partial charge in [-0.1, -0.05) is 41.1 Å². The van der Waals surface area contributed by atoms with Crippen molar-refractivity contribution in [2.24, 2.45) is 0 Å². The molecule has 2 N–H and O–H groups in total. The summed E-state index contributed by atoms with van der Waals surface area (Å²) in [7, 11) is 0. The molecule has 0 aliphatic heterocycles. The maximum absolute atomic E-state index is 11.7. The summed E-state index contributed by atoms with van der Waals surface area (Å²) in [5.41, 5.74) is 0.0120. The molecular formula is C15H17ClN2O3S. The highest BCUT2D eigenvalue weighted by Gasteiger charge is 2.20. The lowest BCUT2D eigenvalue weighted by Gasteiger charge is -2.18. The van der Waals surface area contributed by atoms with E-state index in [1.807, 2.05) is 0 Å². The number of nitrogens with one attached hydrogen (secondary N) is 1. The SMILES string of the molecule is CC(C)(C)OC(=O)Nc1ncc(C(O)c2ccccc2Cl)s1. The van der Waals surface area contributed by atoms with Crippen LogP contribution in [0.25, 0.3) is 0 Å². The first-order chi connectivity index (χ1) is 10.3. The minimum atomic E-state index is -0.889. The van der Waals surface area contributed by atoms with E-state index in [0.717, 1.165) is 0 Å². The Morgan fingerprint density at radius 2 is 2.09 bits per heavy atom. The number of rotatable bonds is 3. The number of benzene rings is 1. The Labute approximate surface area is 137 Å². The van der Waals surface area contributed by atoms with Crippen LogP contribution in [-0.2, 0) is 4.74 Å². The number of aromatic nitrogens is 1. The lowest BCUT2D eigenvalue weighted by molar-refractivity contribution is 0.0636. The van der Waals surface area contributed by atoms with Crippen molar-refractivity contribution in [3.8, 4) is 0 Å². The van der Waals surface area contributed by atoms with E-state index in [-0.39, 0.29) is 0 Å². The molecule has 5 nitrogen and oxygen atoms in total. The van der Waals surface area contributed by atoms with Gasteiger partial charge < -0.3 is 9.84 Å². The normalized spacial score (nSPS) is 12.8. The molecule has 0 aliphatic rings. The van der Waals surface area contributed by atoms with E-state index in [1.54, 1.807) is 45.0 Å². The van der Waals surface area contributed by atoms with Crippen molar-refractivity contribution < 1.29 is 14.6 Å². The van der Waals surface area contributed by atoms with Gasteiger partial charge >= 0.3 is 6.09 Å². The number of hydrogen-bond acceptors (Lipinski definition) is 5. The van der Waals surface area contributed by atoms with E-state index in [4.69, 9.17) is 16.3 Å². The third-order valence-corrected chi connectivity index (χ3v) is 3.91. The van der Waals surface area contributed by atoms with Crippen LogP contribution >= 0.6 is 22.9 Å². The molecule has 1 amide bonds. The molecule has 1 aromatic heterocycles. The minimum Gasteiger partial charge on any atom is -0.444 e. The number of hydrogen-bond donors (Lipinski definition) is 2. The van der Waals surface area contributed by atoms with Gasteiger partial charge in [0.1, 0.15) is 11.7 Å². The number of aliphatic hydroxyl groups is 1. The van der Waals surface area contributed by atoms with Crippen LogP contribution in [0, 0.1) is 0 Å². The Morgan fingerprint density at radius 3 is 2.73 bits per heavy atom. The molecule has 1 aromatic carbocycles. The summed E-state index contributed by atoms with van der Waals surface area (Å²) in [6.45, 7) is 5.34. The number of carbonyl (C=O) groups is 1. The third kappa shape index (κ3) is 4.43. The first kappa shape index (κ1) is 16.7. The summed E-state index contributed by atoms with van der Waals surface area (Å²) in [6.07, 6.45) is 0.0340. The lowest BCUT2D eigenvalue weighted by Crippen LogP contribution is -2.27. The Hall–Kier alpha value is -1.63. The molecule has 22 heavy (non-hydrogen) atoms. The zero-order valence-corrected chi connectivity index (χ0v) is 14.0. The first-order valence-electron chi connectivity index (χ1n) is 6.64. The fourth-order valence-electron chi connectivity index (χ4n) is 1.71. The largest absolute Gasteiger partial charge is 0.444 e. The monoisotopic (exact) mass is 340 g/mol. The molecule has 7 heteroatoms. The number of nitrogens with zero attached hydrogens (tertiary/aromatic N) is 1. The van der Waals surface area contributed by atoms with Gasteiger partial charge in [0.05, 0.1) is 4.88 Å². The molecule has 0 fully saturated rings. The molecule has 1 unspecified atom stereocenters. The highest BCUT2D eigenvalue weighted by molar-refractivity contribution is 7.15. The summed E-state index contributed by atoms with van der Waals surface area (Å²) in [4.78, 5) is 16.3. The van der Waals surface area contributed by atoms with Crippen molar-refractivity contribution in [1.29, 1.82) is 0 Å². The van der Waals surface area contributed by atoms with Crippen LogP contribution in [0.2, 0.25) is 5.02 Å². The number of anilines is 1. The van der Waals surface area contributed by atoms with Crippen molar-refractivity contribution in [2.75, 3.05) is 5.32 Å². The minimum absolute atomic E-state index is 0.357. The summed E-state index contributed by atoms with van der Waals surface area (Å²) in [5.74, 6) is 0. The smallest absolute Gasteiger partial charge is 0.413 e. The number of ether oxygens (including phenoxy) is 1. The van der Waals surface area contributed by atoms with E-state index in [0.29, 0.717) is 20.6 Å². The predicted molar refractivity (Wildman–Crippen MR) is 87.5 cm³/mol. The van der Waals surface area contributed by atoms with Gasteiger partial charge in [0.25, 0.3) is 0 Å². The highest BCUT2D eigenvalue weighted by Crippen LogP contribution is 2.32. The number of halogens is 1. The number of amides is 1. The second kappa shape index (κ2) is 6.64. The second-order valence-corrected chi connectivity index (χ2v) is 7.09. The number of carbonyl (C=O) groups excluding carboxylic acids is 1. The average Bonchev–Trinajstić information content (AvgIpc) is 2.84. The van der Waals surface area contributed by atoms with E-state index in [2.05, 4.69) is 10.3 Å². The lowest BCUT2D eigenvalue weighted by atomic mass is 10.1. The van der Waals surface area contributed by atoms with E-state index in [1.165, 1.54) is 17.5 Å². The Bertz CT molecular complexity index is 667.